The van der Waals surface area contributed by atoms with Crippen molar-refractivity contribution < 1.29 is 4.79 Å². The Bertz CT molecular complexity index is 945. The minimum atomic E-state index is -0.0635. The lowest BCUT2D eigenvalue weighted by Gasteiger charge is -2.14. The van der Waals surface area contributed by atoms with Crippen LogP contribution < -0.4 is 10.2 Å². The Hall–Kier alpha value is -3.11. The normalized spacial score (nSPS) is 10.8. The van der Waals surface area contributed by atoms with Gasteiger partial charge in [-0.05, 0) is 60.6 Å². The summed E-state index contributed by atoms with van der Waals surface area (Å²) in [6.45, 7) is 1.41. The number of carbonyl (C=O) groups is 1. The van der Waals surface area contributed by atoms with E-state index in [4.69, 9.17) is 0 Å². The van der Waals surface area contributed by atoms with E-state index < -0.39 is 0 Å². The van der Waals surface area contributed by atoms with Crippen LogP contribution in [0, 0.1) is 0 Å². The van der Waals surface area contributed by atoms with Gasteiger partial charge in [0.2, 0.25) is 0 Å². The molecule has 1 N–H and O–H groups in total. The first-order valence-corrected chi connectivity index (χ1v) is 9.81. The molecule has 0 fully saturated rings. The molecule has 1 amide bonds. The van der Waals surface area contributed by atoms with E-state index in [1.165, 1.54) is 5.56 Å². The Labute approximate surface area is 173 Å². The maximum absolute atomic E-state index is 12.6. The van der Waals surface area contributed by atoms with Crippen LogP contribution in [-0.4, -0.2) is 39.0 Å². The van der Waals surface area contributed by atoms with E-state index in [0.717, 1.165) is 28.9 Å². The van der Waals surface area contributed by atoms with Gasteiger partial charge in [0, 0.05) is 38.4 Å². The molecule has 0 aliphatic carbocycles. The lowest BCUT2D eigenvalue weighted by Crippen LogP contribution is -2.23. The summed E-state index contributed by atoms with van der Waals surface area (Å²) in [5, 5.41) is 3.05. The highest BCUT2D eigenvalue weighted by Crippen LogP contribution is 2.24. The number of hydrogen-bond donors (Lipinski definition) is 1. The fourth-order valence-corrected chi connectivity index (χ4v) is 3.30. The van der Waals surface area contributed by atoms with Gasteiger partial charge >= 0.3 is 0 Å². The van der Waals surface area contributed by atoms with Crippen molar-refractivity contribution in [1.29, 1.82) is 0 Å². The van der Waals surface area contributed by atoms with Gasteiger partial charge in [-0.2, -0.15) is 0 Å². The third-order valence-corrected chi connectivity index (χ3v) is 4.87. The van der Waals surface area contributed by atoms with E-state index in [1.807, 2.05) is 55.4 Å². The summed E-state index contributed by atoms with van der Waals surface area (Å²) in [6, 6.07) is 24.5. The molecular weight excluding hydrogens is 358 g/mol. The molecule has 3 aromatic carbocycles. The molecule has 4 heteroatoms. The van der Waals surface area contributed by atoms with Crippen LogP contribution in [0.5, 0.6) is 0 Å². The maximum Gasteiger partial charge on any atom is 0.251 e. The fourth-order valence-electron chi connectivity index (χ4n) is 3.30. The predicted octanol–water partition coefficient (Wildman–Crippen LogP) is 4.41. The van der Waals surface area contributed by atoms with Crippen LogP contribution in [-0.2, 0) is 13.1 Å². The molecule has 0 aromatic heterocycles. The first-order valence-electron chi connectivity index (χ1n) is 9.81. The minimum absolute atomic E-state index is 0.0635. The summed E-state index contributed by atoms with van der Waals surface area (Å²) in [7, 11) is 8.11. The standard InChI is InChI=1S/C25H29N3O/c1-27(2)18-19-9-11-20(12-10-19)24-8-6-5-7-22(24)17-26-25(29)21-13-15-23(16-14-21)28(3)4/h5-16H,17-18H2,1-4H3,(H,26,29). The smallest absolute Gasteiger partial charge is 0.251 e. The van der Waals surface area contributed by atoms with Gasteiger partial charge < -0.3 is 15.1 Å². The second kappa shape index (κ2) is 9.39. The van der Waals surface area contributed by atoms with Crippen LogP contribution in [0.1, 0.15) is 21.5 Å². The molecule has 0 unspecified atom stereocenters. The number of nitrogens with one attached hydrogen (secondary N) is 1. The number of nitrogens with zero attached hydrogens (tertiary/aromatic N) is 2. The first-order chi connectivity index (χ1) is 13.9. The summed E-state index contributed by atoms with van der Waals surface area (Å²) in [6.07, 6.45) is 0. The van der Waals surface area contributed by atoms with Crippen LogP contribution in [0.3, 0.4) is 0 Å². The van der Waals surface area contributed by atoms with Crippen LogP contribution in [0.4, 0.5) is 5.69 Å². The van der Waals surface area contributed by atoms with Crippen molar-refractivity contribution in [2.24, 2.45) is 0 Å². The molecule has 0 saturated heterocycles. The number of anilines is 1. The van der Waals surface area contributed by atoms with Crippen molar-refractivity contribution in [2.75, 3.05) is 33.1 Å². The van der Waals surface area contributed by atoms with Gasteiger partial charge in [0.25, 0.3) is 5.91 Å². The molecule has 3 aromatic rings. The van der Waals surface area contributed by atoms with E-state index in [9.17, 15) is 4.79 Å². The van der Waals surface area contributed by atoms with Crippen LogP contribution in [0.2, 0.25) is 0 Å². The highest BCUT2D eigenvalue weighted by atomic mass is 16.1. The van der Waals surface area contributed by atoms with E-state index in [1.54, 1.807) is 0 Å². The third kappa shape index (κ3) is 5.46. The summed E-state index contributed by atoms with van der Waals surface area (Å²) >= 11 is 0. The van der Waals surface area contributed by atoms with Gasteiger partial charge in [-0.15, -0.1) is 0 Å². The van der Waals surface area contributed by atoms with Crippen LogP contribution in [0.25, 0.3) is 11.1 Å². The number of carbonyl (C=O) groups excluding carboxylic acids is 1. The monoisotopic (exact) mass is 387 g/mol. The molecule has 0 heterocycles. The Morgan fingerprint density at radius 1 is 0.828 bits per heavy atom. The van der Waals surface area contributed by atoms with Crippen molar-refractivity contribution in [3.8, 4) is 11.1 Å². The molecule has 0 spiro atoms. The van der Waals surface area contributed by atoms with Crippen LogP contribution >= 0.6 is 0 Å². The largest absolute Gasteiger partial charge is 0.378 e. The van der Waals surface area contributed by atoms with E-state index in [2.05, 4.69) is 60.7 Å². The van der Waals surface area contributed by atoms with Crippen molar-refractivity contribution in [3.63, 3.8) is 0 Å². The zero-order valence-corrected chi connectivity index (χ0v) is 17.6. The van der Waals surface area contributed by atoms with Gasteiger partial charge in [0.15, 0.2) is 0 Å². The fraction of sp³-hybridized carbons (Fsp3) is 0.240. The molecule has 0 aliphatic rings. The van der Waals surface area contributed by atoms with Crippen LogP contribution in [0.15, 0.2) is 72.8 Å². The SMILES string of the molecule is CN(C)Cc1ccc(-c2ccccc2CNC(=O)c2ccc(N(C)C)cc2)cc1. The highest BCUT2D eigenvalue weighted by molar-refractivity contribution is 5.94. The molecule has 4 nitrogen and oxygen atoms in total. The highest BCUT2D eigenvalue weighted by Gasteiger charge is 2.09. The third-order valence-electron chi connectivity index (χ3n) is 4.87. The zero-order valence-electron chi connectivity index (χ0n) is 17.6. The number of rotatable bonds is 7. The van der Waals surface area contributed by atoms with E-state index >= 15 is 0 Å². The second-order valence-corrected chi connectivity index (χ2v) is 7.72. The molecule has 0 bridgehead atoms. The molecule has 150 valence electrons. The van der Waals surface area contributed by atoms with Crippen molar-refractivity contribution >= 4 is 11.6 Å². The van der Waals surface area contributed by atoms with Gasteiger partial charge in [0.1, 0.15) is 0 Å². The quantitative estimate of drug-likeness (QED) is 0.652. The number of benzene rings is 3. The van der Waals surface area contributed by atoms with Gasteiger partial charge in [0.05, 0.1) is 0 Å². The van der Waals surface area contributed by atoms with E-state index in [-0.39, 0.29) is 5.91 Å². The second-order valence-electron chi connectivity index (χ2n) is 7.72. The number of amides is 1. The van der Waals surface area contributed by atoms with Crippen molar-refractivity contribution in [2.45, 2.75) is 13.1 Å². The Kier molecular flexibility index (Phi) is 6.68. The first kappa shape index (κ1) is 20.6. The predicted molar refractivity (Wildman–Crippen MR) is 121 cm³/mol. The molecule has 3 rings (SSSR count). The van der Waals surface area contributed by atoms with E-state index in [0.29, 0.717) is 12.1 Å². The molecule has 0 aliphatic heterocycles. The Morgan fingerprint density at radius 2 is 1.48 bits per heavy atom. The Balaban J connectivity index is 1.71. The summed E-state index contributed by atoms with van der Waals surface area (Å²) in [4.78, 5) is 16.7. The molecule has 29 heavy (non-hydrogen) atoms. The van der Waals surface area contributed by atoms with Crippen molar-refractivity contribution in [3.05, 3.63) is 89.5 Å². The average molecular weight is 388 g/mol. The molecule has 0 atom stereocenters. The molecular formula is C25H29N3O. The van der Waals surface area contributed by atoms with Crippen molar-refractivity contribution in [1.82, 2.24) is 10.2 Å². The molecule has 0 radical (unpaired) electrons. The van der Waals surface area contributed by atoms with Gasteiger partial charge in [-0.25, -0.2) is 0 Å². The average Bonchev–Trinajstić information content (AvgIpc) is 2.72. The maximum atomic E-state index is 12.6. The zero-order chi connectivity index (χ0) is 20.8. The van der Waals surface area contributed by atoms with Gasteiger partial charge in [-0.1, -0.05) is 48.5 Å². The summed E-state index contributed by atoms with van der Waals surface area (Å²) in [5.74, 6) is -0.0635. The lowest BCUT2D eigenvalue weighted by molar-refractivity contribution is 0.0951. The molecule has 0 saturated carbocycles. The van der Waals surface area contributed by atoms with Gasteiger partial charge in [-0.3, -0.25) is 4.79 Å². The topological polar surface area (TPSA) is 35.6 Å². The summed E-state index contributed by atoms with van der Waals surface area (Å²) in [5.41, 5.74) is 6.43. The number of hydrogen-bond acceptors (Lipinski definition) is 3. The Morgan fingerprint density at radius 3 is 2.10 bits per heavy atom. The summed E-state index contributed by atoms with van der Waals surface area (Å²) < 4.78 is 0. The lowest BCUT2D eigenvalue weighted by atomic mass is 9.98. The minimum Gasteiger partial charge on any atom is -0.378 e.